The Hall–Kier alpha value is -3.28. The largest absolute Gasteiger partial charge is 0.340 e. The van der Waals surface area contributed by atoms with Gasteiger partial charge in [-0.15, -0.1) is 0 Å². The highest BCUT2D eigenvalue weighted by molar-refractivity contribution is 5.82. The molecular weight excluding hydrogens is 374 g/mol. The van der Waals surface area contributed by atoms with E-state index in [-0.39, 0.29) is 11.9 Å². The molecule has 30 heavy (non-hydrogen) atoms. The smallest absolute Gasteiger partial charge is 0.228 e. The summed E-state index contributed by atoms with van der Waals surface area (Å²) in [6.07, 6.45) is 5.36. The normalized spacial score (nSPS) is 16.5. The summed E-state index contributed by atoms with van der Waals surface area (Å²) in [4.78, 5) is 28.9. The van der Waals surface area contributed by atoms with Crippen LogP contribution >= 0.6 is 0 Å². The van der Waals surface area contributed by atoms with Crippen molar-refractivity contribution in [2.75, 3.05) is 11.9 Å². The van der Waals surface area contributed by atoms with Gasteiger partial charge in [-0.25, -0.2) is 9.97 Å². The van der Waals surface area contributed by atoms with Crippen LogP contribution < -0.4 is 5.32 Å². The number of hydrogen-bond donors (Lipinski definition) is 1. The first-order valence-corrected chi connectivity index (χ1v) is 10.3. The lowest BCUT2D eigenvalue weighted by Gasteiger charge is -2.30. The van der Waals surface area contributed by atoms with Crippen LogP contribution in [0.15, 0.2) is 60.9 Å². The van der Waals surface area contributed by atoms with E-state index in [1.807, 2.05) is 74.2 Å². The monoisotopic (exact) mass is 401 g/mol. The predicted octanol–water partition coefficient (Wildman–Crippen LogP) is 4.99. The molecule has 0 radical (unpaired) electrons. The molecule has 1 aliphatic heterocycles. The number of hydrogen-bond acceptors (Lipinski definition) is 5. The summed E-state index contributed by atoms with van der Waals surface area (Å²) < 4.78 is 0. The minimum absolute atomic E-state index is 0.121. The summed E-state index contributed by atoms with van der Waals surface area (Å²) in [6.45, 7) is 6.61. The molecule has 6 nitrogen and oxygen atoms in total. The van der Waals surface area contributed by atoms with Crippen molar-refractivity contribution in [3.05, 3.63) is 66.7 Å². The predicted molar refractivity (Wildman–Crippen MR) is 118 cm³/mol. The van der Waals surface area contributed by atoms with Crippen molar-refractivity contribution >= 4 is 17.4 Å². The second kappa shape index (κ2) is 8.22. The average molecular weight is 402 g/mol. The molecule has 154 valence electrons. The van der Waals surface area contributed by atoms with Gasteiger partial charge in [-0.3, -0.25) is 9.78 Å². The van der Waals surface area contributed by atoms with E-state index in [9.17, 15) is 4.79 Å². The molecule has 6 heteroatoms. The van der Waals surface area contributed by atoms with E-state index in [2.05, 4.69) is 10.3 Å². The number of benzene rings is 1. The minimum Gasteiger partial charge on any atom is -0.340 e. The Balaban J connectivity index is 1.75. The minimum atomic E-state index is -0.436. The van der Waals surface area contributed by atoms with Gasteiger partial charge in [0.25, 0.3) is 0 Å². The number of carbonyl (C=O) groups excluding carboxylic acids is 1. The van der Waals surface area contributed by atoms with E-state index in [0.717, 1.165) is 36.3 Å². The molecule has 1 N–H and O–H groups in total. The summed E-state index contributed by atoms with van der Waals surface area (Å²) in [5.41, 5.74) is 2.23. The Morgan fingerprint density at radius 3 is 2.60 bits per heavy atom. The topological polar surface area (TPSA) is 71.0 Å². The number of nitrogens with one attached hydrogen (secondary N) is 1. The van der Waals surface area contributed by atoms with Crippen molar-refractivity contribution in [2.45, 2.75) is 39.7 Å². The Bertz CT molecular complexity index is 1010. The number of carbonyl (C=O) groups is 1. The standard InChI is InChI=1S/C24H27N5O/c1-24(2,3)23(30)29-14-8-12-20(29)22-27-19(17-9-7-13-25-16-17)15-21(28-22)26-18-10-5-4-6-11-18/h4-7,9-11,13,15-16,20H,8,12,14H2,1-3H3,(H,26,27,28)/t20-/m1/s1. The van der Waals surface area contributed by atoms with Crippen molar-refractivity contribution in [3.63, 3.8) is 0 Å². The first-order valence-electron chi connectivity index (χ1n) is 10.3. The molecule has 1 amide bonds. The fourth-order valence-electron chi connectivity index (χ4n) is 3.72. The molecule has 0 aliphatic carbocycles. The van der Waals surface area contributed by atoms with Gasteiger partial charge in [0.15, 0.2) is 5.82 Å². The van der Waals surface area contributed by atoms with E-state index in [1.54, 1.807) is 12.4 Å². The molecule has 0 bridgehead atoms. The highest BCUT2D eigenvalue weighted by atomic mass is 16.2. The number of pyridine rings is 1. The Morgan fingerprint density at radius 2 is 1.90 bits per heavy atom. The quantitative estimate of drug-likeness (QED) is 0.667. The Morgan fingerprint density at radius 1 is 1.10 bits per heavy atom. The summed E-state index contributed by atoms with van der Waals surface area (Å²) in [6, 6.07) is 15.6. The molecule has 0 unspecified atom stereocenters. The maximum Gasteiger partial charge on any atom is 0.228 e. The number of amides is 1. The molecule has 1 aromatic carbocycles. The summed E-state index contributed by atoms with van der Waals surface area (Å²) >= 11 is 0. The lowest BCUT2D eigenvalue weighted by Crippen LogP contribution is -2.39. The van der Waals surface area contributed by atoms with Crippen LogP contribution in [-0.2, 0) is 4.79 Å². The van der Waals surface area contributed by atoms with Crippen LogP contribution in [0.5, 0.6) is 0 Å². The highest BCUT2D eigenvalue weighted by Crippen LogP contribution is 2.35. The zero-order valence-corrected chi connectivity index (χ0v) is 17.7. The fourth-order valence-corrected chi connectivity index (χ4v) is 3.72. The van der Waals surface area contributed by atoms with Crippen LogP contribution in [-0.4, -0.2) is 32.3 Å². The molecule has 1 aliphatic rings. The molecule has 4 rings (SSSR count). The van der Waals surface area contributed by atoms with Gasteiger partial charge in [0.05, 0.1) is 11.7 Å². The molecule has 0 saturated carbocycles. The van der Waals surface area contributed by atoms with Crippen molar-refractivity contribution in [3.8, 4) is 11.3 Å². The molecule has 1 saturated heterocycles. The first-order chi connectivity index (χ1) is 14.4. The van der Waals surface area contributed by atoms with Crippen molar-refractivity contribution < 1.29 is 4.79 Å². The van der Waals surface area contributed by atoms with Gasteiger partial charge >= 0.3 is 0 Å². The van der Waals surface area contributed by atoms with Crippen molar-refractivity contribution in [2.24, 2.45) is 5.41 Å². The Labute approximate surface area is 177 Å². The average Bonchev–Trinajstić information content (AvgIpc) is 3.23. The molecule has 1 fully saturated rings. The van der Waals surface area contributed by atoms with E-state index in [1.165, 1.54) is 0 Å². The van der Waals surface area contributed by atoms with Gasteiger partial charge in [-0.2, -0.15) is 0 Å². The lowest BCUT2D eigenvalue weighted by atomic mass is 9.94. The van der Waals surface area contributed by atoms with Gasteiger partial charge in [-0.1, -0.05) is 39.0 Å². The third-order valence-electron chi connectivity index (χ3n) is 5.20. The van der Waals surface area contributed by atoms with Crippen molar-refractivity contribution in [1.29, 1.82) is 0 Å². The van der Waals surface area contributed by atoms with E-state index in [0.29, 0.717) is 11.6 Å². The molecule has 0 spiro atoms. The van der Waals surface area contributed by atoms with Crippen LogP contribution in [0, 0.1) is 5.41 Å². The lowest BCUT2D eigenvalue weighted by molar-refractivity contribution is -0.140. The molecule has 3 heterocycles. The van der Waals surface area contributed by atoms with Gasteiger partial charge in [0.1, 0.15) is 5.82 Å². The van der Waals surface area contributed by atoms with E-state index < -0.39 is 5.41 Å². The summed E-state index contributed by atoms with van der Waals surface area (Å²) in [5.74, 6) is 1.52. The van der Waals surface area contributed by atoms with Crippen LogP contribution in [0.1, 0.15) is 45.5 Å². The zero-order chi connectivity index (χ0) is 21.1. The van der Waals surface area contributed by atoms with E-state index >= 15 is 0 Å². The number of aromatic nitrogens is 3. The highest BCUT2D eigenvalue weighted by Gasteiger charge is 2.37. The van der Waals surface area contributed by atoms with Gasteiger partial charge in [-0.05, 0) is 37.1 Å². The van der Waals surface area contributed by atoms with Crippen LogP contribution in [0.2, 0.25) is 0 Å². The van der Waals surface area contributed by atoms with Gasteiger partial charge in [0.2, 0.25) is 5.91 Å². The molecule has 1 atom stereocenters. The maximum atomic E-state index is 13.0. The number of rotatable bonds is 4. The molecule has 2 aromatic heterocycles. The van der Waals surface area contributed by atoms with Crippen LogP contribution in [0.4, 0.5) is 11.5 Å². The summed E-state index contributed by atoms with van der Waals surface area (Å²) in [5, 5.41) is 3.38. The Kier molecular flexibility index (Phi) is 5.48. The van der Waals surface area contributed by atoms with Gasteiger partial charge in [0, 0.05) is 41.7 Å². The van der Waals surface area contributed by atoms with E-state index in [4.69, 9.17) is 9.97 Å². The number of anilines is 2. The van der Waals surface area contributed by atoms with Crippen LogP contribution in [0.25, 0.3) is 11.3 Å². The molecule has 3 aromatic rings. The SMILES string of the molecule is CC(C)(C)C(=O)N1CCC[C@@H]1c1nc(Nc2ccccc2)cc(-c2cccnc2)n1. The third-order valence-corrected chi connectivity index (χ3v) is 5.20. The van der Waals surface area contributed by atoms with Gasteiger partial charge < -0.3 is 10.2 Å². The molecular formula is C24H27N5O. The second-order valence-electron chi connectivity index (χ2n) is 8.64. The maximum absolute atomic E-state index is 13.0. The first kappa shape index (κ1) is 20.0. The fraction of sp³-hybridized carbons (Fsp3) is 0.333. The number of nitrogens with zero attached hydrogens (tertiary/aromatic N) is 4. The third kappa shape index (κ3) is 4.32. The summed E-state index contributed by atoms with van der Waals surface area (Å²) in [7, 11) is 0. The zero-order valence-electron chi connectivity index (χ0n) is 17.7. The number of para-hydroxylation sites is 1. The number of likely N-dealkylation sites (tertiary alicyclic amines) is 1. The van der Waals surface area contributed by atoms with Crippen LogP contribution in [0.3, 0.4) is 0 Å². The second-order valence-corrected chi connectivity index (χ2v) is 8.64. The van der Waals surface area contributed by atoms with Crippen molar-refractivity contribution in [1.82, 2.24) is 19.9 Å².